The van der Waals surface area contributed by atoms with Crippen LogP contribution in [0.1, 0.15) is 39.2 Å². The van der Waals surface area contributed by atoms with Crippen molar-refractivity contribution in [3.8, 4) is 5.75 Å². The zero-order valence-electron chi connectivity index (χ0n) is 12.2. The van der Waals surface area contributed by atoms with E-state index in [2.05, 4.69) is 38.2 Å². The molecule has 0 aliphatic rings. The quantitative estimate of drug-likeness (QED) is 0.759. The molecule has 2 heteroatoms. The Morgan fingerprint density at radius 3 is 2.50 bits per heavy atom. The second kappa shape index (κ2) is 8.15. The van der Waals surface area contributed by atoms with Gasteiger partial charge in [-0.3, -0.25) is 0 Å². The molecular weight excluding hydrogens is 222 g/mol. The number of hydrogen-bond donors (Lipinski definition) is 1. The molecule has 0 fully saturated rings. The topological polar surface area (TPSA) is 21.3 Å². The van der Waals surface area contributed by atoms with Crippen molar-refractivity contribution in [1.29, 1.82) is 0 Å². The van der Waals surface area contributed by atoms with E-state index in [-0.39, 0.29) is 0 Å². The van der Waals surface area contributed by atoms with Crippen molar-refractivity contribution in [2.24, 2.45) is 5.92 Å². The maximum absolute atomic E-state index is 5.42. The zero-order valence-corrected chi connectivity index (χ0v) is 12.2. The number of ether oxygens (including phenoxy) is 1. The summed E-state index contributed by atoms with van der Waals surface area (Å²) < 4.78 is 5.42. The van der Waals surface area contributed by atoms with Gasteiger partial charge in [-0.05, 0) is 43.4 Å². The number of likely N-dealkylation sites (N-methyl/N-ethyl adjacent to an activating group) is 1. The van der Waals surface area contributed by atoms with Crippen LogP contribution in [0.3, 0.4) is 0 Å². The molecule has 102 valence electrons. The van der Waals surface area contributed by atoms with E-state index < -0.39 is 0 Å². The average Bonchev–Trinajstić information content (AvgIpc) is 2.37. The molecule has 0 heterocycles. The molecule has 2 nitrogen and oxygen atoms in total. The van der Waals surface area contributed by atoms with Crippen LogP contribution in [0.4, 0.5) is 0 Å². The maximum atomic E-state index is 5.42. The minimum absolute atomic E-state index is 0.550. The molecule has 0 bridgehead atoms. The summed E-state index contributed by atoms with van der Waals surface area (Å²) in [6, 6.07) is 8.87. The fourth-order valence-electron chi connectivity index (χ4n) is 2.24. The van der Waals surface area contributed by atoms with Crippen LogP contribution >= 0.6 is 0 Å². The standard InChI is InChI=1S/C16H27NO/c1-5-17-15(11-10-13(2)3)12-14-8-6-7-9-16(14)18-4/h6-9,13,15,17H,5,10-12H2,1-4H3. The monoisotopic (exact) mass is 249 g/mol. The molecule has 1 aromatic carbocycles. The highest BCUT2D eigenvalue weighted by molar-refractivity contribution is 5.33. The first-order valence-electron chi connectivity index (χ1n) is 7.02. The van der Waals surface area contributed by atoms with Crippen molar-refractivity contribution >= 4 is 0 Å². The van der Waals surface area contributed by atoms with Gasteiger partial charge in [0.15, 0.2) is 0 Å². The number of nitrogens with one attached hydrogen (secondary N) is 1. The van der Waals surface area contributed by atoms with Gasteiger partial charge >= 0.3 is 0 Å². The van der Waals surface area contributed by atoms with Crippen molar-refractivity contribution in [1.82, 2.24) is 5.32 Å². The van der Waals surface area contributed by atoms with Gasteiger partial charge in [-0.2, -0.15) is 0 Å². The molecule has 1 rings (SSSR count). The molecule has 1 unspecified atom stereocenters. The maximum Gasteiger partial charge on any atom is 0.122 e. The van der Waals surface area contributed by atoms with E-state index in [1.165, 1.54) is 18.4 Å². The number of benzene rings is 1. The van der Waals surface area contributed by atoms with Crippen LogP contribution in [0.25, 0.3) is 0 Å². The van der Waals surface area contributed by atoms with E-state index in [1.807, 2.05) is 12.1 Å². The smallest absolute Gasteiger partial charge is 0.122 e. The summed E-state index contributed by atoms with van der Waals surface area (Å²) in [6.45, 7) is 7.76. The first kappa shape index (κ1) is 15.0. The van der Waals surface area contributed by atoms with Gasteiger partial charge in [0, 0.05) is 6.04 Å². The van der Waals surface area contributed by atoms with Crippen molar-refractivity contribution in [2.45, 2.75) is 46.1 Å². The van der Waals surface area contributed by atoms with Gasteiger partial charge in [0.1, 0.15) is 5.75 Å². The Kier molecular flexibility index (Phi) is 6.81. The lowest BCUT2D eigenvalue weighted by Crippen LogP contribution is -2.31. The second-order valence-electron chi connectivity index (χ2n) is 5.24. The SMILES string of the molecule is CCNC(CCC(C)C)Cc1ccccc1OC. The molecule has 0 aliphatic carbocycles. The Hall–Kier alpha value is -1.02. The van der Waals surface area contributed by atoms with Crippen LogP contribution in [0.5, 0.6) is 5.75 Å². The van der Waals surface area contributed by atoms with Crippen molar-refractivity contribution in [3.63, 3.8) is 0 Å². The number of methoxy groups -OCH3 is 1. The van der Waals surface area contributed by atoms with Crippen LogP contribution in [-0.4, -0.2) is 19.7 Å². The Morgan fingerprint density at radius 2 is 1.89 bits per heavy atom. The molecule has 1 N–H and O–H groups in total. The fraction of sp³-hybridized carbons (Fsp3) is 0.625. The lowest BCUT2D eigenvalue weighted by molar-refractivity contribution is 0.397. The lowest BCUT2D eigenvalue weighted by atomic mass is 9.97. The van der Waals surface area contributed by atoms with E-state index in [9.17, 15) is 0 Å². The zero-order chi connectivity index (χ0) is 13.4. The lowest BCUT2D eigenvalue weighted by Gasteiger charge is -2.20. The van der Waals surface area contributed by atoms with Crippen LogP contribution in [-0.2, 0) is 6.42 Å². The van der Waals surface area contributed by atoms with Crippen LogP contribution < -0.4 is 10.1 Å². The Balaban J connectivity index is 2.63. The predicted molar refractivity (Wildman–Crippen MR) is 78.2 cm³/mol. The predicted octanol–water partition coefficient (Wildman–Crippen LogP) is 3.65. The number of para-hydroxylation sites is 1. The highest BCUT2D eigenvalue weighted by Crippen LogP contribution is 2.20. The molecule has 0 spiro atoms. The van der Waals surface area contributed by atoms with Crippen LogP contribution in [0, 0.1) is 5.92 Å². The largest absolute Gasteiger partial charge is 0.496 e. The van der Waals surface area contributed by atoms with Crippen molar-refractivity contribution < 1.29 is 4.74 Å². The summed E-state index contributed by atoms with van der Waals surface area (Å²) >= 11 is 0. The summed E-state index contributed by atoms with van der Waals surface area (Å²) in [4.78, 5) is 0. The fourth-order valence-corrected chi connectivity index (χ4v) is 2.24. The normalized spacial score (nSPS) is 12.7. The third-order valence-electron chi connectivity index (χ3n) is 3.24. The Labute approximate surface area is 112 Å². The summed E-state index contributed by atoms with van der Waals surface area (Å²) in [5, 5.41) is 3.58. The minimum atomic E-state index is 0.550. The van der Waals surface area contributed by atoms with E-state index in [0.29, 0.717) is 6.04 Å². The number of rotatable bonds is 8. The molecule has 1 atom stereocenters. The van der Waals surface area contributed by atoms with Gasteiger partial charge in [-0.1, -0.05) is 39.0 Å². The molecule has 0 saturated heterocycles. The van der Waals surface area contributed by atoms with E-state index in [0.717, 1.165) is 24.6 Å². The summed E-state index contributed by atoms with van der Waals surface area (Å²) in [7, 11) is 1.75. The van der Waals surface area contributed by atoms with E-state index in [1.54, 1.807) is 7.11 Å². The summed E-state index contributed by atoms with van der Waals surface area (Å²) in [5.74, 6) is 1.77. The Bertz CT molecular complexity index is 336. The molecule has 0 aromatic heterocycles. The molecule has 0 aliphatic heterocycles. The molecule has 1 aromatic rings. The van der Waals surface area contributed by atoms with Gasteiger partial charge in [-0.25, -0.2) is 0 Å². The van der Waals surface area contributed by atoms with Gasteiger partial charge in [-0.15, -0.1) is 0 Å². The third-order valence-corrected chi connectivity index (χ3v) is 3.24. The second-order valence-corrected chi connectivity index (χ2v) is 5.24. The molecule has 0 saturated carbocycles. The van der Waals surface area contributed by atoms with Gasteiger partial charge in [0.25, 0.3) is 0 Å². The summed E-state index contributed by atoms with van der Waals surface area (Å²) in [6.07, 6.45) is 3.54. The van der Waals surface area contributed by atoms with Crippen molar-refractivity contribution in [2.75, 3.05) is 13.7 Å². The van der Waals surface area contributed by atoms with Crippen molar-refractivity contribution in [3.05, 3.63) is 29.8 Å². The van der Waals surface area contributed by atoms with Gasteiger partial charge in [0.2, 0.25) is 0 Å². The van der Waals surface area contributed by atoms with Gasteiger partial charge < -0.3 is 10.1 Å². The average molecular weight is 249 g/mol. The molecule has 18 heavy (non-hydrogen) atoms. The Morgan fingerprint density at radius 1 is 1.17 bits per heavy atom. The molecule has 0 amide bonds. The van der Waals surface area contributed by atoms with Crippen LogP contribution in [0.15, 0.2) is 24.3 Å². The molecular formula is C16H27NO. The third kappa shape index (κ3) is 5.09. The number of hydrogen-bond acceptors (Lipinski definition) is 2. The van der Waals surface area contributed by atoms with Gasteiger partial charge in [0.05, 0.1) is 7.11 Å². The van der Waals surface area contributed by atoms with E-state index >= 15 is 0 Å². The molecule has 0 radical (unpaired) electrons. The minimum Gasteiger partial charge on any atom is -0.496 e. The van der Waals surface area contributed by atoms with E-state index in [4.69, 9.17) is 4.74 Å². The first-order chi connectivity index (χ1) is 8.67. The summed E-state index contributed by atoms with van der Waals surface area (Å²) in [5.41, 5.74) is 1.30. The van der Waals surface area contributed by atoms with Crippen LogP contribution in [0.2, 0.25) is 0 Å². The highest BCUT2D eigenvalue weighted by atomic mass is 16.5. The highest BCUT2D eigenvalue weighted by Gasteiger charge is 2.12. The first-order valence-corrected chi connectivity index (χ1v) is 7.02.